The maximum absolute atomic E-state index is 13.1. The number of nitrogens with one attached hydrogen (secondary N) is 1. The van der Waals surface area contributed by atoms with Gasteiger partial charge in [-0.2, -0.15) is 0 Å². The maximum atomic E-state index is 13.1. The van der Waals surface area contributed by atoms with Crippen LogP contribution in [0.2, 0.25) is 5.02 Å². The van der Waals surface area contributed by atoms with E-state index < -0.39 is 0 Å². The Kier molecular flexibility index (Phi) is 5.82. The van der Waals surface area contributed by atoms with Crippen LogP contribution in [0.1, 0.15) is 23.1 Å². The second-order valence-electron chi connectivity index (χ2n) is 7.49. The number of pyridine rings is 1. The van der Waals surface area contributed by atoms with Crippen LogP contribution in [0.15, 0.2) is 65.8 Å². The van der Waals surface area contributed by atoms with Gasteiger partial charge in [-0.15, -0.1) is 0 Å². The van der Waals surface area contributed by atoms with Gasteiger partial charge in [-0.25, -0.2) is 9.98 Å². The quantitative estimate of drug-likeness (QED) is 0.640. The lowest BCUT2D eigenvalue weighted by molar-refractivity contribution is -0.120. The minimum atomic E-state index is -0.301. The number of fused-ring (bicyclic) bond motifs is 1. The van der Waals surface area contributed by atoms with E-state index in [4.69, 9.17) is 11.6 Å². The monoisotopic (exact) mass is 432 g/mol. The zero-order valence-corrected chi connectivity index (χ0v) is 18.0. The lowest BCUT2D eigenvalue weighted by Gasteiger charge is -2.20. The van der Waals surface area contributed by atoms with Crippen molar-refractivity contribution in [3.8, 4) is 0 Å². The molecular formula is C24H21ClN4O2. The van der Waals surface area contributed by atoms with E-state index in [2.05, 4.69) is 15.3 Å². The van der Waals surface area contributed by atoms with Crippen LogP contribution in [-0.4, -0.2) is 29.1 Å². The van der Waals surface area contributed by atoms with Crippen molar-refractivity contribution in [1.82, 2.24) is 4.98 Å². The molecule has 0 unspecified atom stereocenters. The predicted molar refractivity (Wildman–Crippen MR) is 123 cm³/mol. The Morgan fingerprint density at radius 1 is 1.10 bits per heavy atom. The van der Waals surface area contributed by atoms with E-state index in [0.717, 1.165) is 16.7 Å². The highest BCUT2D eigenvalue weighted by molar-refractivity contribution is 6.30. The largest absolute Gasteiger partial charge is 0.325 e. The molecule has 0 saturated heterocycles. The molecule has 2 aromatic carbocycles. The molecule has 2 amide bonds. The van der Waals surface area contributed by atoms with Crippen molar-refractivity contribution in [1.29, 1.82) is 0 Å². The van der Waals surface area contributed by atoms with Crippen LogP contribution in [0, 0.1) is 13.8 Å². The third-order valence-corrected chi connectivity index (χ3v) is 5.13. The maximum Gasteiger partial charge on any atom is 0.244 e. The van der Waals surface area contributed by atoms with Crippen LogP contribution in [-0.2, 0) is 9.59 Å². The van der Waals surface area contributed by atoms with Gasteiger partial charge >= 0.3 is 0 Å². The summed E-state index contributed by atoms with van der Waals surface area (Å²) in [6.45, 7) is 3.78. The van der Waals surface area contributed by atoms with Gasteiger partial charge in [-0.05, 0) is 66.9 Å². The summed E-state index contributed by atoms with van der Waals surface area (Å²) in [5, 5.41) is 3.49. The molecule has 1 N–H and O–H groups in total. The van der Waals surface area contributed by atoms with Crippen LogP contribution in [0.3, 0.4) is 0 Å². The Morgan fingerprint density at radius 3 is 2.52 bits per heavy atom. The summed E-state index contributed by atoms with van der Waals surface area (Å²) in [7, 11) is 0. The van der Waals surface area contributed by atoms with Crippen molar-refractivity contribution in [3.05, 3.63) is 82.5 Å². The first-order chi connectivity index (χ1) is 14.9. The number of carbonyl (C=O) groups excluding carboxylic acids is 2. The molecule has 1 aliphatic heterocycles. The molecule has 0 aliphatic carbocycles. The Labute approximate surface area is 185 Å². The van der Waals surface area contributed by atoms with Crippen LogP contribution in [0.4, 0.5) is 17.2 Å². The fraction of sp³-hybridized carbons (Fsp3) is 0.167. The molecule has 0 saturated carbocycles. The average Bonchev–Trinajstić information content (AvgIpc) is 2.84. The lowest BCUT2D eigenvalue weighted by atomic mass is 10.1. The number of anilines is 2. The number of hydrogen-bond donors (Lipinski definition) is 1. The van der Waals surface area contributed by atoms with Gasteiger partial charge < -0.3 is 5.32 Å². The number of halogens is 1. The van der Waals surface area contributed by atoms with Crippen molar-refractivity contribution >= 4 is 46.3 Å². The van der Waals surface area contributed by atoms with Crippen LogP contribution >= 0.6 is 11.6 Å². The molecule has 0 fully saturated rings. The second-order valence-corrected chi connectivity index (χ2v) is 7.93. The van der Waals surface area contributed by atoms with Gasteiger partial charge in [-0.3, -0.25) is 14.5 Å². The molecule has 0 bridgehead atoms. The minimum absolute atomic E-state index is 0.0504. The summed E-state index contributed by atoms with van der Waals surface area (Å²) in [6.07, 6.45) is 1.64. The SMILES string of the molecule is Cc1cc(C)cc(NC(=O)CN2C(=O)CC(c3ccc(Cl)cc3)=Nc3cccnc32)c1. The molecule has 0 radical (unpaired) electrons. The molecule has 3 aromatic rings. The molecule has 156 valence electrons. The van der Waals surface area contributed by atoms with E-state index in [0.29, 0.717) is 27.9 Å². The van der Waals surface area contributed by atoms with Crippen molar-refractivity contribution in [2.45, 2.75) is 20.3 Å². The summed E-state index contributed by atoms with van der Waals surface area (Å²) >= 11 is 5.99. The molecule has 7 heteroatoms. The number of carbonyl (C=O) groups is 2. The van der Waals surface area contributed by atoms with Gasteiger partial charge in [0.25, 0.3) is 0 Å². The van der Waals surface area contributed by atoms with Crippen LogP contribution in [0.5, 0.6) is 0 Å². The van der Waals surface area contributed by atoms with E-state index in [1.165, 1.54) is 4.90 Å². The molecule has 0 spiro atoms. The van der Waals surface area contributed by atoms with Gasteiger partial charge in [-0.1, -0.05) is 29.8 Å². The normalized spacial score (nSPS) is 13.3. The first-order valence-corrected chi connectivity index (χ1v) is 10.2. The summed E-state index contributed by atoms with van der Waals surface area (Å²) in [4.78, 5) is 36.3. The van der Waals surface area contributed by atoms with E-state index in [-0.39, 0.29) is 24.8 Å². The van der Waals surface area contributed by atoms with Gasteiger partial charge in [0.15, 0.2) is 5.82 Å². The Bertz CT molecular complexity index is 1170. The zero-order valence-electron chi connectivity index (χ0n) is 17.2. The van der Waals surface area contributed by atoms with Crippen molar-refractivity contribution < 1.29 is 9.59 Å². The summed E-state index contributed by atoms with van der Waals surface area (Å²) in [6, 6.07) is 16.5. The van der Waals surface area contributed by atoms with Gasteiger partial charge in [0, 0.05) is 16.9 Å². The van der Waals surface area contributed by atoms with Crippen molar-refractivity contribution in [2.24, 2.45) is 4.99 Å². The zero-order chi connectivity index (χ0) is 22.0. The third kappa shape index (κ3) is 4.81. The molecule has 2 heterocycles. The van der Waals surface area contributed by atoms with Crippen molar-refractivity contribution in [2.75, 3.05) is 16.8 Å². The van der Waals surface area contributed by atoms with E-state index >= 15 is 0 Å². The Morgan fingerprint density at radius 2 is 1.81 bits per heavy atom. The fourth-order valence-corrected chi connectivity index (χ4v) is 3.71. The topological polar surface area (TPSA) is 74.7 Å². The fourth-order valence-electron chi connectivity index (χ4n) is 3.59. The van der Waals surface area contributed by atoms with E-state index in [1.54, 1.807) is 30.5 Å². The molecule has 6 nitrogen and oxygen atoms in total. The highest BCUT2D eigenvalue weighted by atomic mass is 35.5. The highest BCUT2D eigenvalue weighted by Gasteiger charge is 2.27. The van der Waals surface area contributed by atoms with Crippen LogP contribution in [0.25, 0.3) is 0 Å². The van der Waals surface area contributed by atoms with Gasteiger partial charge in [0.2, 0.25) is 11.8 Å². The molecule has 1 aliphatic rings. The number of benzene rings is 2. The predicted octanol–water partition coefficient (Wildman–Crippen LogP) is 4.85. The van der Waals surface area contributed by atoms with E-state index in [9.17, 15) is 9.59 Å². The van der Waals surface area contributed by atoms with Gasteiger partial charge in [0.05, 0.1) is 12.1 Å². The van der Waals surface area contributed by atoms with Crippen molar-refractivity contribution in [3.63, 3.8) is 0 Å². The number of nitrogens with zero attached hydrogens (tertiary/aromatic N) is 3. The number of rotatable bonds is 4. The molecule has 1 aromatic heterocycles. The number of amides is 2. The molecular weight excluding hydrogens is 412 g/mol. The standard InChI is InChI=1S/C24H21ClN4O2/c1-15-10-16(2)12-19(11-15)27-22(30)14-29-23(31)13-21(17-5-7-18(25)8-6-17)28-20-4-3-9-26-24(20)29/h3-12H,13-14H2,1-2H3,(H,27,30). The number of aliphatic imine (C=N–C) groups is 1. The number of aryl methyl sites for hydroxylation is 2. The molecule has 0 atom stereocenters. The van der Waals surface area contributed by atoms with E-state index in [1.807, 2.05) is 44.2 Å². The van der Waals surface area contributed by atoms with Crippen LogP contribution < -0.4 is 10.2 Å². The average molecular weight is 433 g/mol. The summed E-state index contributed by atoms with van der Waals surface area (Å²) in [5.74, 6) is -0.182. The highest BCUT2D eigenvalue weighted by Crippen LogP contribution is 2.31. The third-order valence-electron chi connectivity index (χ3n) is 4.88. The molecule has 31 heavy (non-hydrogen) atoms. The second kappa shape index (κ2) is 8.70. The number of hydrogen-bond acceptors (Lipinski definition) is 4. The Balaban J connectivity index is 1.60. The Hall–Kier alpha value is -3.51. The minimum Gasteiger partial charge on any atom is -0.325 e. The molecule has 4 rings (SSSR count). The summed E-state index contributed by atoms with van der Waals surface area (Å²) in [5.41, 5.74) is 4.74. The smallest absolute Gasteiger partial charge is 0.244 e. The number of aromatic nitrogens is 1. The summed E-state index contributed by atoms with van der Waals surface area (Å²) < 4.78 is 0. The lowest BCUT2D eigenvalue weighted by Crippen LogP contribution is -2.39. The van der Waals surface area contributed by atoms with Gasteiger partial charge in [0.1, 0.15) is 12.2 Å². The first kappa shape index (κ1) is 20.8. The first-order valence-electron chi connectivity index (χ1n) is 9.86.